The minimum atomic E-state index is 0.588. The van der Waals surface area contributed by atoms with Gasteiger partial charge in [-0.1, -0.05) is 6.92 Å². The SMILES string of the molecule is [CH2]N(CC)C(C)C. The Labute approximate surface area is 46.3 Å². The molecule has 0 aromatic heterocycles. The zero-order valence-electron chi connectivity index (χ0n) is 5.44. The van der Waals surface area contributed by atoms with Crippen molar-refractivity contribution in [3.8, 4) is 0 Å². The lowest BCUT2D eigenvalue weighted by Crippen LogP contribution is -2.23. The summed E-state index contributed by atoms with van der Waals surface area (Å²) in [7, 11) is 3.79. The van der Waals surface area contributed by atoms with Crippen molar-refractivity contribution < 1.29 is 0 Å². The second-order valence-corrected chi connectivity index (χ2v) is 2.00. The predicted molar refractivity (Wildman–Crippen MR) is 32.9 cm³/mol. The van der Waals surface area contributed by atoms with Gasteiger partial charge >= 0.3 is 0 Å². The number of nitrogens with zero attached hydrogens (tertiary/aromatic N) is 1. The third kappa shape index (κ3) is 2.63. The average Bonchev–Trinajstić information content (AvgIpc) is 1.65. The van der Waals surface area contributed by atoms with E-state index < -0.39 is 0 Å². The lowest BCUT2D eigenvalue weighted by Gasteiger charge is -2.17. The van der Waals surface area contributed by atoms with Crippen LogP contribution in [0.15, 0.2) is 0 Å². The van der Waals surface area contributed by atoms with Crippen molar-refractivity contribution in [3.63, 3.8) is 0 Å². The summed E-state index contributed by atoms with van der Waals surface area (Å²) in [5, 5.41) is 0. The molecule has 0 aliphatic heterocycles. The number of rotatable bonds is 2. The van der Waals surface area contributed by atoms with Crippen LogP contribution in [0.3, 0.4) is 0 Å². The van der Waals surface area contributed by atoms with Crippen molar-refractivity contribution >= 4 is 0 Å². The second kappa shape index (κ2) is 3.03. The summed E-state index contributed by atoms with van der Waals surface area (Å²) in [5.41, 5.74) is 0. The lowest BCUT2D eigenvalue weighted by molar-refractivity contribution is 0.322. The second-order valence-electron chi connectivity index (χ2n) is 2.00. The van der Waals surface area contributed by atoms with Crippen LogP contribution < -0.4 is 0 Å². The zero-order chi connectivity index (χ0) is 5.86. The lowest BCUT2D eigenvalue weighted by atomic mass is 10.3. The maximum absolute atomic E-state index is 3.79. The summed E-state index contributed by atoms with van der Waals surface area (Å²) in [4.78, 5) is 2.04. The Kier molecular flexibility index (Phi) is 3.01. The van der Waals surface area contributed by atoms with Crippen LogP contribution in [0, 0.1) is 7.05 Å². The van der Waals surface area contributed by atoms with Gasteiger partial charge in [0, 0.05) is 13.1 Å². The van der Waals surface area contributed by atoms with E-state index in [-0.39, 0.29) is 0 Å². The fourth-order valence-electron chi connectivity index (χ4n) is 0.365. The molecule has 0 aromatic rings. The van der Waals surface area contributed by atoms with Gasteiger partial charge in [0.25, 0.3) is 0 Å². The van der Waals surface area contributed by atoms with Crippen molar-refractivity contribution in [1.29, 1.82) is 0 Å². The first-order valence-corrected chi connectivity index (χ1v) is 2.75. The molecule has 0 aliphatic carbocycles. The summed E-state index contributed by atoms with van der Waals surface area (Å²) in [6.45, 7) is 7.41. The highest BCUT2D eigenvalue weighted by atomic mass is 15.1. The van der Waals surface area contributed by atoms with E-state index in [4.69, 9.17) is 0 Å². The van der Waals surface area contributed by atoms with Crippen LogP contribution in [-0.4, -0.2) is 17.5 Å². The van der Waals surface area contributed by atoms with E-state index in [0.29, 0.717) is 6.04 Å². The maximum atomic E-state index is 3.79. The van der Waals surface area contributed by atoms with Crippen LogP contribution in [-0.2, 0) is 0 Å². The molecule has 0 fully saturated rings. The van der Waals surface area contributed by atoms with Crippen LogP contribution in [0.1, 0.15) is 20.8 Å². The molecule has 0 heterocycles. The Hall–Kier alpha value is -0.0400. The Bertz CT molecular complexity index is 41.4. The molecule has 0 spiro atoms. The third-order valence-electron chi connectivity index (χ3n) is 1.14. The molecule has 1 heteroatoms. The van der Waals surface area contributed by atoms with Crippen LogP contribution in [0.25, 0.3) is 0 Å². The van der Waals surface area contributed by atoms with Gasteiger partial charge in [0.2, 0.25) is 0 Å². The van der Waals surface area contributed by atoms with Crippen LogP contribution in [0.2, 0.25) is 0 Å². The highest BCUT2D eigenvalue weighted by Crippen LogP contribution is 1.91. The molecule has 43 valence electrons. The molecular weight excluding hydrogens is 86.1 g/mol. The van der Waals surface area contributed by atoms with Crippen LogP contribution >= 0.6 is 0 Å². The predicted octanol–water partition coefficient (Wildman–Crippen LogP) is 1.51. The van der Waals surface area contributed by atoms with Gasteiger partial charge in [0.05, 0.1) is 0 Å². The molecular formula is C6H14N. The summed E-state index contributed by atoms with van der Waals surface area (Å²) >= 11 is 0. The average molecular weight is 100 g/mol. The molecule has 0 atom stereocenters. The molecule has 1 nitrogen and oxygen atoms in total. The molecule has 1 radical (unpaired) electrons. The van der Waals surface area contributed by atoms with Gasteiger partial charge in [-0.15, -0.1) is 0 Å². The molecule has 7 heavy (non-hydrogen) atoms. The first kappa shape index (κ1) is 6.96. The van der Waals surface area contributed by atoms with E-state index in [0.717, 1.165) is 6.54 Å². The summed E-state index contributed by atoms with van der Waals surface area (Å²) in [6.07, 6.45) is 0. The largest absolute Gasteiger partial charge is 0.300 e. The van der Waals surface area contributed by atoms with Crippen molar-refractivity contribution in [2.24, 2.45) is 0 Å². The normalized spacial score (nSPS) is 11.1. The zero-order valence-corrected chi connectivity index (χ0v) is 5.44. The van der Waals surface area contributed by atoms with E-state index in [9.17, 15) is 0 Å². The van der Waals surface area contributed by atoms with E-state index in [1.165, 1.54) is 0 Å². The van der Waals surface area contributed by atoms with Crippen molar-refractivity contribution in [3.05, 3.63) is 7.05 Å². The maximum Gasteiger partial charge on any atom is 0.0112 e. The van der Waals surface area contributed by atoms with Crippen molar-refractivity contribution in [2.75, 3.05) is 6.54 Å². The minimum Gasteiger partial charge on any atom is -0.300 e. The van der Waals surface area contributed by atoms with Crippen LogP contribution in [0.4, 0.5) is 0 Å². The molecule has 0 aliphatic rings. The number of hydrogen-bond donors (Lipinski definition) is 0. The molecule has 0 unspecified atom stereocenters. The van der Waals surface area contributed by atoms with Gasteiger partial charge in [-0.05, 0) is 20.4 Å². The Morgan fingerprint density at radius 2 is 2.00 bits per heavy atom. The first-order valence-electron chi connectivity index (χ1n) is 2.75. The van der Waals surface area contributed by atoms with Crippen LogP contribution in [0.5, 0.6) is 0 Å². The molecule has 0 aromatic carbocycles. The smallest absolute Gasteiger partial charge is 0.0112 e. The Balaban J connectivity index is 3.14. The molecule has 0 saturated carbocycles. The van der Waals surface area contributed by atoms with E-state index >= 15 is 0 Å². The van der Waals surface area contributed by atoms with Gasteiger partial charge in [-0.25, -0.2) is 0 Å². The monoisotopic (exact) mass is 100 g/mol. The first-order chi connectivity index (χ1) is 3.18. The summed E-state index contributed by atoms with van der Waals surface area (Å²) < 4.78 is 0. The highest BCUT2D eigenvalue weighted by molar-refractivity contribution is 4.55. The number of hydrogen-bond acceptors (Lipinski definition) is 1. The fraction of sp³-hybridized carbons (Fsp3) is 0.833. The van der Waals surface area contributed by atoms with Gasteiger partial charge in [0.15, 0.2) is 0 Å². The quantitative estimate of drug-likeness (QED) is 0.508. The van der Waals surface area contributed by atoms with E-state index in [1.807, 2.05) is 4.90 Å². The molecule has 0 saturated heterocycles. The Morgan fingerprint density at radius 3 is 2.00 bits per heavy atom. The van der Waals surface area contributed by atoms with Crippen molar-refractivity contribution in [2.45, 2.75) is 26.8 Å². The molecule has 0 bridgehead atoms. The Morgan fingerprint density at radius 1 is 1.57 bits per heavy atom. The van der Waals surface area contributed by atoms with E-state index in [1.54, 1.807) is 0 Å². The van der Waals surface area contributed by atoms with E-state index in [2.05, 4.69) is 27.8 Å². The molecule has 0 rings (SSSR count). The third-order valence-corrected chi connectivity index (χ3v) is 1.14. The summed E-state index contributed by atoms with van der Waals surface area (Å²) in [5.74, 6) is 0. The topological polar surface area (TPSA) is 3.24 Å². The fourth-order valence-corrected chi connectivity index (χ4v) is 0.365. The standard InChI is InChI=1S/C6H14N/c1-5-7(4)6(2)3/h6H,4-5H2,1-3H3. The van der Waals surface area contributed by atoms with Gasteiger partial charge in [0.1, 0.15) is 0 Å². The molecule has 0 amide bonds. The van der Waals surface area contributed by atoms with Gasteiger partial charge < -0.3 is 0 Å². The minimum absolute atomic E-state index is 0.588. The highest BCUT2D eigenvalue weighted by Gasteiger charge is 1.96. The summed E-state index contributed by atoms with van der Waals surface area (Å²) in [6, 6.07) is 0.588. The molecule has 0 N–H and O–H groups in total. The van der Waals surface area contributed by atoms with Gasteiger partial charge in [-0.2, -0.15) is 0 Å². The van der Waals surface area contributed by atoms with Gasteiger partial charge in [-0.3, -0.25) is 4.90 Å². The van der Waals surface area contributed by atoms with Crippen molar-refractivity contribution in [1.82, 2.24) is 4.90 Å².